The number of carbonyl (C=O) groups is 1. The van der Waals surface area contributed by atoms with Gasteiger partial charge in [-0.05, 0) is 30.7 Å². The molecule has 2 aromatic rings. The van der Waals surface area contributed by atoms with Crippen molar-refractivity contribution in [2.45, 2.75) is 6.92 Å². The van der Waals surface area contributed by atoms with Gasteiger partial charge in [0.2, 0.25) is 0 Å². The van der Waals surface area contributed by atoms with Crippen LogP contribution in [0.4, 0.5) is 10.2 Å². The molecule has 22 heavy (non-hydrogen) atoms. The molecule has 1 aromatic carbocycles. The van der Waals surface area contributed by atoms with Gasteiger partial charge in [0.05, 0.1) is 6.61 Å². The lowest BCUT2D eigenvalue weighted by Crippen LogP contribution is -2.25. The number of pyridine rings is 1. The number of aliphatic hydroxyl groups excluding tert-OH is 1. The molecule has 0 spiro atoms. The first kappa shape index (κ1) is 15.9. The maximum atomic E-state index is 13.1. The number of carboxylic acid groups (broad SMARTS) is 1. The number of halogens is 1. The summed E-state index contributed by atoms with van der Waals surface area (Å²) in [6.45, 7) is 1.91. The van der Waals surface area contributed by atoms with E-state index in [9.17, 15) is 14.3 Å². The number of hydrogen-bond donors (Lipinski definition) is 2. The summed E-state index contributed by atoms with van der Waals surface area (Å²) < 4.78 is 13.1. The Labute approximate surface area is 127 Å². The normalized spacial score (nSPS) is 10.5. The Kier molecular flexibility index (Phi) is 4.72. The zero-order valence-electron chi connectivity index (χ0n) is 12.4. The lowest BCUT2D eigenvalue weighted by atomic mass is 9.99. The summed E-state index contributed by atoms with van der Waals surface area (Å²) in [4.78, 5) is 17.6. The van der Waals surface area contributed by atoms with Gasteiger partial charge in [-0.3, -0.25) is 0 Å². The van der Waals surface area contributed by atoms with E-state index >= 15 is 0 Å². The van der Waals surface area contributed by atoms with Crippen LogP contribution in [0.2, 0.25) is 0 Å². The Hall–Kier alpha value is -2.47. The molecule has 116 valence electrons. The first-order valence-electron chi connectivity index (χ1n) is 6.77. The monoisotopic (exact) mass is 304 g/mol. The Balaban J connectivity index is 2.67. The van der Waals surface area contributed by atoms with Crippen LogP contribution in [0.3, 0.4) is 0 Å². The molecule has 0 saturated heterocycles. The van der Waals surface area contributed by atoms with Gasteiger partial charge in [-0.1, -0.05) is 12.1 Å². The zero-order chi connectivity index (χ0) is 16.3. The van der Waals surface area contributed by atoms with Gasteiger partial charge in [0, 0.05) is 24.8 Å². The van der Waals surface area contributed by atoms with Crippen LogP contribution < -0.4 is 4.90 Å². The SMILES string of the molecule is Cc1cc(-c2ccc(F)cc2)c(C(=O)O)c(N(C)CCO)n1. The molecule has 0 amide bonds. The summed E-state index contributed by atoms with van der Waals surface area (Å²) in [6, 6.07) is 7.30. The molecule has 0 radical (unpaired) electrons. The van der Waals surface area contributed by atoms with Crippen LogP contribution in [0, 0.1) is 12.7 Å². The second-order valence-corrected chi connectivity index (χ2v) is 4.97. The summed E-state index contributed by atoms with van der Waals surface area (Å²) >= 11 is 0. The number of carboxylic acids is 1. The molecule has 0 aliphatic rings. The largest absolute Gasteiger partial charge is 0.478 e. The quantitative estimate of drug-likeness (QED) is 0.887. The Morgan fingerprint density at radius 2 is 1.95 bits per heavy atom. The van der Waals surface area contributed by atoms with Crippen LogP contribution >= 0.6 is 0 Å². The first-order chi connectivity index (χ1) is 10.4. The highest BCUT2D eigenvalue weighted by Crippen LogP contribution is 2.30. The summed E-state index contributed by atoms with van der Waals surface area (Å²) in [5.41, 5.74) is 1.75. The Bertz CT molecular complexity index is 687. The third-order valence-electron chi connectivity index (χ3n) is 3.29. The van der Waals surface area contributed by atoms with Gasteiger partial charge < -0.3 is 15.1 Å². The van der Waals surface area contributed by atoms with E-state index in [2.05, 4.69) is 4.98 Å². The molecule has 0 fully saturated rings. The maximum absolute atomic E-state index is 13.1. The van der Waals surface area contributed by atoms with Gasteiger partial charge in [-0.15, -0.1) is 0 Å². The Morgan fingerprint density at radius 1 is 1.32 bits per heavy atom. The van der Waals surface area contributed by atoms with Crippen LogP contribution in [0.25, 0.3) is 11.1 Å². The minimum absolute atomic E-state index is 0.0353. The predicted molar refractivity (Wildman–Crippen MR) is 81.7 cm³/mol. The van der Waals surface area contributed by atoms with E-state index in [1.54, 1.807) is 24.9 Å². The van der Waals surface area contributed by atoms with Crippen LogP contribution in [0.5, 0.6) is 0 Å². The van der Waals surface area contributed by atoms with Crippen molar-refractivity contribution in [2.75, 3.05) is 25.1 Å². The van der Waals surface area contributed by atoms with Crippen molar-refractivity contribution < 1.29 is 19.4 Å². The molecule has 0 aliphatic carbocycles. The number of anilines is 1. The third kappa shape index (κ3) is 3.23. The average Bonchev–Trinajstić information content (AvgIpc) is 2.47. The van der Waals surface area contributed by atoms with E-state index < -0.39 is 5.97 Å². The fraction of sp³-hybridized carbons (Fsp3) is 0.250. The van der Waals surface area contributed by atoms with Crippen molar-refractivity contribution in [1.29, 1.82) is 0 Å². The molecule has 0 atom stereocenters. The van der Waals surface area contributed by atoms with Crippen molar-refractivity contribution in [3.63, 3.8) is 0 Å². The van der Waals surface area contributed by atoms with Gasteiger partial charge in [0.25, 0.3) is 0 Å². The van der Waals surface area contributed by atoms with Crippen molar-refractivity contribution in [1.82, 2.24) is 4.98 Å². The molecule has 6 heteroatoms. The number of hydrogen-bond acceptors (Lipinski definition) is 4. The van der Waals surface area contributed by atoms with Crippen LogP contribution in [0.1, 0.15) is 16.1 Å². The van der Waals surface area contributed by atoms with Crippen molar-refractivity contribution in [3.05, 3.63) is 47.4 Å². The van der Waals surface area contributed by atoms with Gasteiger partial charge in [-0.25, -0.2) is 14.2 Å². The van der Waals surface area contributed by atoms with Crippen LogP contribution in [0.15, 0.2) is 30.3 Å². The molecule has 0 saturated carbocycles. The second-order valence-electron chi connectivity index (χ2n) is 4.97. The molecule has 1 aromatic heterocycles. The number of aromatic nitrogens is 1. The van der Waals surface area contributed by atoms with E-state index in [1.807, 2.05) is 0 Å². The predicted octanol–water partition coefficient (Wildman–Crippen LogP) is 2.32. The standard InChI is InChI=1S/C16H17FN2O3/c1-10-9-13(11-3-5-12(17)6-4-11)14(16(21)22)15(18-10)19(2)7-8-20/h3-6,9,20H,7-8H2,1-2H3,(H,21,22). The smallest absolute Gasteiger partial charge is 0.340 e. The highest BCUT2D eigenvalue weighted by Gasteiger charge is 2.21. The number of aryl methyl sites for hydroxylation is 1. The maximum Gasteiger partial charge on any atom is 0.340 e. The summed E-state index contributed by atoms with van der Waals surface area (Å²) in [5, 5.41) is 18.6. The number of nitrogens with zero attached hydrogens (tertiary/aromatic N) is 2. The van der Waals surface area contributed by atoms with E-state index in [4.69, 9.17) is 5.11 Å². The van der Waals surface area contributed by atoms with Gasteiger partial charge in [0.15, 0.2) is 0 Å². The fourth-order valence-electron chi connectivity index (χ4n) is 2.26. The second kappa shape index (κ2) is 6.53. The topological polar surface area (TPSA) is 73.7 Å². The van der Waals surface area contributed by atoms with E-state index in [1.165, 1.54) is 24.3 Å². The number of rotatable bonds is 5. The number of benzene rings is 1. The number of likely N-dealkylation sites (N-methyl/N-ethyl adjacent to an activating group) is 1. The molecule has 0 unspecified atom stereocenters. The van der Waals surface area contributed by atoms with Crippen molar-refractivity contribution in [2.24, 2.45) is 0 Å². The summed E-state index contributed by atoms with van der Waals surface area (Å²) in [7, 11) is 1.67. The molecule has 0 bridgehead atoms. The van der Waals surface area contributed by atoms with Crippen LogP contribution in [-0.4, -0.2) is 41.4 Å². The highest BCUT2D eigenvalue weighted by atomic mass is 19.1. The minimum Gasteiger partial charge on any atom is -0.478 e. The molecule has 0 aliphatic heterocycles. The van der Waals surface area contributed by atoms with Crippen molar-refractivity contribution >= 4 is 11.8 Å². The highest BCUT2D eigenvalue weighted by molar-refractivity contribution is 6.01. The van der Waals surface area contributed by atoms with E-state index in [0.717, 1.165) is 0 Å². The number of aromatic carboxylic acids is 1. The molecular weight excluding hydrogens is 287 g/mol. The Morgan fingerprint density at radius 3 is 2.50 bits per heavy atom. The van der Waals surface area contributed by atoms with E-state index in [-0.39, 0.29) is 30.4 Å². The first-order valence-corrected chi connectivity index (χ1v) is 6.77. The van der Waals surface area contributed by atoms with E-state index in [0.29, 0.717) is 16.8 Å². The van der Waals surface area contributed by atoms with Crippen LogP contribution in [-0.2, 0) is 0 Å². The third-order valence-corrected chi connectivity index (χ3v) is 3.29. The fourth-order valence-corrected chi connectivity index (χ4v) is 2.26. The van der Waals surface area contributed by atoms with Crippen molar-refractivity contribution in [3.8, 4) is 11.1 Å². The molecular formula is C16H17FN2O3. The summed E-state index contributed by atoms with van der Waals surface area (Å²) in [6.07, 6.45) is 0. The zero-order valence-corrected chi connectivity index (χ0v) is 12.4. The molecule has 2 N–H and O–H groups in total. The lowest BCUT2D eigenvalue weighted by molar-refractivity contribution is 0.0698. The molecule has 1 heterocycles. The number of aliphatic hydroxyl groups is 1. The molecule has 2 rings (SSSR count). The van der Waals surface area contributed by atoms with Gasteiger partial charge in [-0.2, -0.15) is 0 Å². The minimum atomic E-state index is -1.12. The average molecular weight is 304 g/mol. The lowest BCUT2D eigenvalue weighted by Gasteiger charge is -2.21. The summed E-state index contributed by atoms with van der Waals surface area (Å²) in [5.74, 6) is -1.23. The molecule has 5 nitrogen and oxygen atoms in total. The van der Waals surface area contributed by atoms with Gasteiger partial charge in [0.1, 0.15) is 17.2 Å². The van der Waals surface area contributed by atoms with Gasteiger partial charge >= 0.3 is 5.97 Å².